The van der Waals surface area contributed by atoms with E-state index >= 15 is 0 Å². The summed E-state index contributed by atoms with van der Waals surface area (Å²) in [6.45, 7) is 2.76. The summed E-state index contributed by atoms with van der Waals surface area (Å²) in [5.41, 5.74) is 1.93. The second-order valence-electron chi connectivity index (χ2n) is 4.84. The fraction of sp³-hybridized carbons (Fsp3) is 0.500. The second-order valence-corrected chi connectivity index (χ2v) is 4.84. The molecule has 0 bridgehead atoms. The highest BCUT2D eigenvalue weighted by Gasteiger charge is 2.18. The third-order valence-electron chi connectivity index (χ3n) is 3.46. The summed E-state index contributed by atoms with van der Waals surface area (Å²) in [7, 11) is 5.69. The minimum Gasteiger partial charge on any atom is -0.497 e. The molecular formula is C14H21N3O2. The summed E-state index contributed by atoms with van der Waals surface area (Å²) < 4.78 is 7.30. The first-order valence-electron chi connectivity index (χ1n) is 6.40. The van der Waals surface area contributed by atoms with Crippen LogP contribution in [0.1, 0.15) is 18.8 Å². The number of aromatic nitrogens is 2. The predicted molar refractivity (Wildman–Crippen MR) is 75.5 cm³/mol. The molecule has 0 saturated carbocycles. The van der Waals surface area contributed by atoms with E-state index in [0.29, 0.717) is 6.54 Å². The lowest BCUT2D eigenvalue weighted by Gasteiger charge is -2.20. The quantitative estimate of drug-likeness (QED) is 0.891. The number of aliphatic hydroxyl groups excluding tert-OH is 1. The van der Waals surface area contributed by atoms with Gasteiger partial charge in [0.1, 0.15) is 11.6 Å². The highest BCUT2D eigenvalue weighted by molar-refractivity contribution is 5.78. The molecule has 19 heavy (non-hydrogen) atoms. The van der Waals surface area contributed by atoms with Crippen molar-refractivity contribution in [3.8, 4) is 5.75 Å². The van der Waals surface area contributed by atoms with Crippen molar-refractivity contribution in [1.82, 2.24) is 14.5 Å². The normalized spacial score (nSPS) is 13.2. The van der Waals surface area contributed by atoms with Gasteiger partial charge in [0.05, 0.1) is 30.8 Å². The summed E-state index contributed by atoms with van der Waals surface area (Å²) in [6.07, 6.45) is 0. The molecule has 1 heterocycles. The highest BCUT2D eigenvalue weighted by Crippen LogP contribution is 2.26. The van der Waals surface area contributed by atoms with Crippen molar-refractivity contribution in [3.05, 3.63) is 24.0 Å². The van der Waals surface area contributed by atoms with Gasteiger partial charge in [0, 0.05) is 12.6 Å². The van der Waals surface area contributed by atoms with Gasteiger partial charge in [-0.15, -0.1) is 0 Å². The van der Waals surface area contributed by atoms with Crippen LogP contribution in [0, 0.1) is 0 Å². The summed E-state index contributed by atoms with van der Waals surface area (Å²) >= 11 is 0. The summed E-state index contributed by atoms with van der Waals surface area (Å²) in [4.78, 5) is 6.79. The first kappa shape index (κ1) is 13.8. The summed E-state index contributed by atoms with van der Waals surface area (Å²) in [5.74, 6) is 1.76. The smallest absolute Gasteiger partial charge is 0.127 e. The fourth-order valence-corrected chi connectivity index (χ4v) is 2.14. The number of ether oxygens (including phenoxy) is 1. The number of methoxy groups -OCH3 is 1. The van der Waals surface area contributed by atoms with Crippen LogP contribution in [-0.2, 0) is 6.54 Å². The molecule has 0 aliphatic rings. The topological polar surface area (TPSA) is 50.5 Å². The van der Waals surface area contributed by atoms with Crippen molar-refractivity contribution in [1.29, 1.82) is 0 Å². The molecule has 0 radical (unpaired) electrons. The number of imidazole rings is 1. The SMILES string of the molecule is COc1ccc2c(c1)nc(C(C)N(C)C)n2CCO. The molecule has 0 aliphatic carbocycles. The Labute approximate surface area is 113 Å². The maximum absolute atomic E-state index is 9.26. The van der Waals surface area contributed by atoms with Gasteiger partial charge in [0.25, 0.3) is 0 Å². The molecule has 1 aromatic heterocycles. The molecular weight excluding hydrogens is 242 g/mol. The second kappa shape index (κ2) is 5.59. The molecule has 0 amide bonds. The highest BCUT2D eigenvalue weighted by atomic mass is 16.5. The lowest BCUT2D eigenvalue weighted by molar-refractivity contribution is 0.262. The van der Waals surface area contributed by atoms with Gasteiger partial charge in [-0.05, 0) is 33.2 Å². The minimum absolute atomic E-state index is 0.102. The van der Waals surface area contributed by atoms with Crippen LogP contribution in [0.5, 0.6) is 5.75 Å². The first-order valence-corrected chi connectivity index (χ1v) is 6.40. The van der Waals surface area contributed by atoms with Gasteiger partial charge in [-0.25, -0.2) is 4.98 Å². The van der Waals surface area contributed by atoms with Gasteiger partial charge in [-0.1, -0.05) is 0 Å². The van der Waals surface area contributed by atoms with E-state index < -0.39 is 0 Å². The molecule has 1 atom stereocenters. The van der Waals surface area contributed by atoms with Crippen LogP contribution in [0.2, 0.25) is 0 Å². The Morgan fingerprint density at radius 1 is 1.42 bits per heavy atom. The molecule has 2 aromatic rings. The molecule has 0 fully saturated rings. The van der Waals surface area contributed by atoms with Gasteiger partial charge in [0.15, 0.2) is 0 Å². The van der Waals surface area contributed by atoms with Gasteiger partial charge >= 0.3 is 0 Å². The van der Waals surface area contributed by atoms with Crippen molar-refractivity contribution >= 4 is 11.0 Å². The molecule has 1 N–H and O–H groups in total. The lowest BCUT2D eigenvalue weighted by Crippen LogP contribution is -2.21. The Hall–Kier alpha value is -1.59. The maximum atomic E-state index is 9.26. The standard InChI is InChI=1S/C14H21N3O2/c1-10(16(2)3)14-15-12-9-11(19-4)5-6-13(12)17(14)7-8-18/h5-6,9-10,18H,7-8H2,1-4H3. The van der Waals surface area contributed by atoms with Crippen LogP contribution in [0.3, 0.4) is 0 Å². The fourth-order valence-electron chi connectivity index (χ4n) is 2.14. The van der Waals surface area contributed by atoms with E-state index in [9.17, 15) is 5.11 Å². The van der Waals surface area contributed by atoms with Crippen molar-refractivity contribution in [2.75, 3.05) is 27.8 Å². The average molecular weight is 263 g/mol. The Morgan fingerprint density at radius 2 is 2.16 bits per heavy atom. The molecule has 0 saturated heterocycles. The Morgan fingerprint density at radius 3 is 2.74 bits per heavy atom. The van der Waals surface area contributed by atoms with Crippen LogP contribution < -0.4 is 4.74 Å². The zero-order valence-corrected chi connectivity index (χ0v) is 11.9. The number of rotatable bonds is 5. The van der Waals surface area contributed by atoms with Crippen LogP contribution in [0.25, 0.3) is 11.0 Å². The number of hydrogen-bond donors (Lipinski definition) is 1. The van der Waals surface area contributed by atoms with E-state index in [-0.39, 0.29) is 12.6 Å². The molecule has 1 unspecified atom stereocenters. The number of hydrogen-bond acceptors (Lipinski definition) is 4. The summed E-state index contributed by atoms with van der Waals surface area (Å²) in [6, 6.07) is 6.02. The van der Waals surface area contributed by atoms with Crippen LogP contribution >= 0.6 is 0 Å². The number of aliphatic hydroxyl groups is 1. The van der Waals surface area contributed by atoms with Gasteiger partial charge in [0.2, 0.25) is 0 Å². The Balaban J connectivity index is 2.58. The molecule has 2 rings (SSSR count). The van der Waals surface area contributed by atoms with Crippen molar-refractivity contribution in [2.45, 2.75) is 19.5 Å². The molecule has 104 valence electrons. The third-order valence-corrected chi connectivity index (χ3v) is 3.46. The maximum Gasteiger partial charge on any atom is 0.127 e. The Kier molecular flexibility index (Phi) is 4.07. The van der Waals surface area contributed by atoms with Crippen molar-refractivity contribution in [3.63, 3.8) is 0 Å². The van der Waals surface area contributed by atoms with E-state index in [1.807, 2.05) is 32.3 Å². The summed E-state index contributed by atoms with van der Waals surface area (Å²) in [5, 5.41) is 9.26. The molecule has 5 heteroatoms. The van der Waals surface area contributed by atoms with Gasteiger partial charge < -0.3 is 14.4 Å². The molecule has 1 aromatic carbocycles. The van der Waals surface area contributed by atoms with E-state index in [2.05, 4.69) is 16.4 Å². The van der Waals surface area contributed by atoms with Gasteiger partial charge in [-0.3, -0.25) is 4.90 Å². The molecule has 5 nitrogen and oxygen atoms in total. The number of benzene rings is 1. The van der Waals surface area contributed by atoms with E-state index in [1.165, 1.54) is 0 Å². The zero-order chi connectivity index (χ0) is 14.0. The van der Waals surface area contributed by atoms with Crippen molar-refractivity contribution in [2.24, 2.45) is 0 Å². The number of fused-ring (bicyclic) bond motifs is 1. The first-order chi connectivity index (χ1) is 9.08. The minimum atomic E-state index is 0.102. The van der Waals surface area contributed by atoms with Crippen LogP contribution in [0.15, 0.2) is 18.2 Å². The van der Waals surface area contributed by atoms with Crippen LogP contribution in [0.4, 0.5) is 0 Å². The van der Waals surface area contributed by atoms with E-state index in [1.54, 1.807) is 7.11 Å². The Bertz CT molecular complexity index is 563. The van der Waals surface area contributed by atoms with E-state index in [4.69, 9.17) is 9.72 Å². The molecule has 0 aliphatic heterocycles. The zero-order valence-electron chi connectivity index (χ0n) is 11.9. The van der Waals surface area contributed by atoms with Crippen molar-refractivity contribution < 1.29 is 9.84 Å². The van der Waals surface area contributed by atoms with Gasteiger partial charge in [-0.2, -0.15) is 0 Å². The largest absolute Gasteiger partial charge is 0.497 e. The molecule has 0 spiro atoms. The third kappa shape index (κ3) is 2.57. The van der Waals surface area contributed by atoms with Crippen LogP contribution in [-0.4, -0.2) is 47.4 Å². The average Bonchev–Trinajstić information content (AvgIpc) is 2.76. The lowest BCUT2D eigenvalue weighted by atomic mass is 10.3. The monoisotopic (exact) mass is 263 g/mol. The number of nitrogens with zero attached hydrogens (tertiary/aromatic N) is 3. The predicted octanol–water partition coefficient (Wildman–Crippen LogP) is 1.66. The van der Waals surface area contributed by atoms with E-state index in [0.717, 1.165) is 22.6 Å².